The molecule has 120 valence electrons. The van der Waals surface area contributed by atoms with Crippen molar-refractivity contribution in [2.75, 3.05) is 0 Å². The number of rotatable bonds is 5. The molecule has 2 aromatic rings. The van der Waals surface area contributed by atoms with Crippen molar-refractivity contribution in [1.82, 2.24) is 20.1 Å². The maximum absolute atomic E-state index is 12.9. The van der Waals surface area contributed by atoms with Crippen LogP contribution in [0.4, 0.5) is 4.39 Å². The van der Waals surface area contributed by atoms with E-state index in [1.807, 2.05) is 4.57 Å². The Labute approximate surface area is 137 Å². The molecule has 0 radical (unpaired) electrons. The highest BCUT2D eigenvalue weighted by Gasteiger charge is 2.43. The quantitative estimate of drug-likeness (QED) is 0.828. The molecule has 1 aromatic carbocycles. The first-order chi connectivity index (χ1) is 11.1. The number of aromatic amines is 1. The average Bonchev–Trinajstić information content (AvgIpc) is 3.45. The molecule has 0 saturated heterocycles. The number of benzene rings is 1. The summed E-state index contributed by atoms with van der Waals surface area (Å²) < 4.78 is 15.6. The minimum atomic E-state index is -0.252. The van der Waals surface area contributed by atoms with E-state index in [4.69, 9.17) is 12.2 Å². The largest absolute Gasteiger partial charge is 0.349 e. The van der Waals surface area contributed by atoms with Crippen LogP contribution in [0.3, 0.4) is 0 Å². The Bertz CT molecular complexity index is 793. The van der Waals surface area contributed by atoms with Crippen molar-refractivity contribution in [3.63, 3.8) is 0 Å². The van der Waals surface area contributed by atoms with Crippen LogP contribution < -0.4 is 5.32 Å². The Morgan fingerprint density at radius 2 is 2.13 bits per heavy atom. The van der Waals surface area contributed by atoms with Gasteiger partial charge in [0.15, 0.2) is 10.6 Å². The van der Waals surface area contributed by atoms with Crippen molar-refractivity contribution in [3.8, 4) is 0 Å². The minimum Gasteiger partial charge on any atom is -0.349 e. The number of carbonyl (C=O) groups excluding carboxylic acids is 1. The van der Waals surface area contributed by atoms with Gasteiger partial charge < -0.3 is 5.32 Å². The summed E-state index contributed by atoms with van der Waals surface area (Å²) in [6.07, 6.45) is 3.04. The monoisotopic (exact) mass is 332 g/mol. The van der Waals surface area contributed by atoms with Gasteiger partial charge in [-0.1, -0.05) is 12.1 Å². The van der Waals surface area contributed by atoms with E-state index in [2.05, 4.69) is 15.5 Å². The zero-order valence-corrected chi connectivity index (χ0v) is 13.3. The van der Waals surface area contributed by atoms with E-state index in [-0.39, 0.29) is 23.6 Å². The SMILES string of the molecule is O=C(NCc1n[nH]c(=S)n1C1CC1)[C@@H]1C[C@@H]1c1ccc(F)cc1. The van der Waals surface area contributed by atoms with Crippen molar-refractivity contribution in [1.29, 1.82) is 0 Å². The first-order valence-corrected chi connectivity index (χ1v) is 8.23. The summed E-state index contributed by atoms with van der Waals surface area (Å²) in [5.41, 5.74) is 1.02. The van der Waals surface area contributed by atoms with Gasteiger partial charge in [-0.3, -0.25) is 14.5 Å². The highest BCUT2D eigenvalue weighted by molar-refractivity contribution is 7.71. The summed E-state index contributed by atoms with van der Waals surface area (Å²) >= 11 is 5.23. The molecule has 2 N–H and O–H groups in total. The molecule has 0 spiro atoms. The second-order valence-corrected chi connectivity index (χ2v) is 6.65. The van der Waals surface area contributed by atoms with Gasteiger partial charge in [0.25, 0.3) is 0 Å². The number of nitrogens with zero attached hydrogens (tertiary/aromatic N) is 2. The number of hydrogen-bond donors (Lipinski definition) is 2. The minimum absolute atomic E-state index is 0.0237. The van der Waals surface area contributed by atoms with Crippen LogP contribution in [-0.2, 0) is 11.3 Å². The van der Waals surface area contributed by atoms with Gasteiger partial charge in [-0.25, -0.2) is 4.39 Å². The van der Waals surface area contributed by atoms with Crippen LogP contribution in [0, 0.1) is 16.5 Å². The number of aromatic nitrogens is 3. The molecule has 2 atom stereocenters. The first-order valence-electron chi connectivity index (χ1n) is 7.82. The number of halogens is 1. The number of H-pyrrole nitrogens is 1. The molecule has 5 nitrogen and oxygen atoms in total. The number of carbonyl (C=O) groups is 1. The summed E-state index contributed by atoms with van der Waals surface area (Å²) in [4.78, 5) is 12.3. The summed E-state index contributed by atoms with van der Waals surface area (Å²) in [6.45, 7) is 0.384. The molecule has 1 amide bonds. The van der Waals surface area contributed by atoms with Gasteiger partial charge in [0.2, 0.25) is 5.91 Å². The highest BCUT2D eigenvalue weighted by Crippen LogP contribution is 2.47. The van der Waals surface area contributed by atoms with E-state index in [1.165, 1.54) is 12.1 Å². The Morgan fingerprint density at radius 3 is 2.83 bits per heavy atom. The van der Waals surface area contributed by atoms with E-state index >= 15 is 0 Å². The van der Waals surface area contributed by atoms with Crippen LogP contribution in [0.1, 0.15) is 42.6 Å². The van der Waals surface area contributed by atoms with Crippen LogP contribution >= 0.6 is 12.2 Å². The van der Waals surface area contributed by atoms with E-state index in [0.29, 0.717) is 17.4 Å². The molecular weight excluding hydrogens is 315 g/mol. The van der Waals surface area contributed by atoms with E-state index < -0.39 is 0 Å². The molecule has 7 heteroatoms. The highest BCUT2D eigenvalue weighted by atomic mass is 32.1. The topological polar surface area (TPSA) is 62.7 Å². The van der Waals surface area contributed by atoms with Gasteiger partial charge >= 0.3 is 0 Å². The van der Waals surface area contributed by atoms with E-state index in [1.54, 1.807) is 12.1 Å². The van der Waals surface area contributed by atoms with E-state index in [0.717, 1.165) is 30.7 Å². The number of nitrogens with one attached hydrogen (secondary N) is 2. The third kappa shape index (κ3) is 2.93. The van der Waals surface area contributed by atoms with Crippen LogP contribution in [0.15, 0.2) is 24.3 Å². The molecule has 4 rings (SSSR count). The molecule has 1 heterocycles. The predicted molar refractivity (Wildman–Crippen MR) is 84.8 cm³/mol. The van der Waals surface area contributed by atoms with Gasteiger partial charge in [-0.05, 0) is 55.1 Å². The van der Waals surface area contributed by atoms with Crippen molar-refractivity contribution < 1.29 is 9.18 Å². The number of amides is 1. The molecule has 1 aromatic heterocycles. The third-order valence-corrected chi connectivity index (χ3v) is 4.82. The maximum Gasteiger partial charge on any atom is 0.224 e. The van der Waals surface area contributed by atoms with Crippen molar-refractivity contribution in [2.45, 2.75) is 37.8 Å². The molecule has 0 unspecified atom stereocenters. The molecule has 2 aliphatic carbocycles. The van der Waals surface area contributed by atoms with Gasteiger partial charge in [0, 0.05) is 12.0 Å². The summed E-state index contributed by atoms with van der Waals surface area (Å²) in [6, 6.07) is 6.82. The molecule has 0 aliphatic heterocycles. The zero-order valence-electron chi connectivity index (χ0n) is 12.5. The van der Waals surface area contributed by atoms with Crippen LogP contribution in [0.25, 0.3) is 0 Å². The van der Waals surface area contributed by atoms with E-state index in [9.17, 15) is 9.18 Å². The molecule has 23 heavy (non-hydrogen) atoms. The van der Waals surface area contributed by atoms with Crippen LogP contribution in [0.2, 0.25) is 0 Å². The first kappa shape index (κ1) is 14.6. The lowest BCUT2D eigenvalue weighted by molar-refractivity contribution is -0.122. The lowest BCUT2D eigenvalue weighted by Gasteiger charge is -2.07. The smallest absolute Gasteiger partial charge is 0.224 e. The summed E-state index contributed by atoms with van der Waals surface area (Å²) in [5, 5.41) is 9.95. The van der Waals surface area contributed by atoms with Crippen LogP contribution in [-0.4, -0.2) is 20.7 Å². The number of hydrogen-bond acceptors (Lipinski definition) is 3. The van der Waals surface area contributed by atoms with Crippen molar-refractivity contribution >= 4 is 18.1 Å². The Hall–Kier alpha value is -2.02. The third-order valence-electron chi connectivity index (χ3n) is 4.54. The lowest BCUT2D eigenvalue weighted by Crippen LogP contribution is -2.26. The normalized spacial score (nSPS) is 22.8. The predicted octanol–water partition coefficient (Wildman–Crippen LogP) is 2.83. The molecule has 2 fully saturated rings. The van der Waals surface area contributed by atoms with Crippen LogP contribution in [0.5, 0.6) is 0 Å². The fraction of sp³-hybridized carbons (Fsp3) is 0.438. The second-order valence-electron chi connectivity index (χ2n) is 6.26. The Morgan fingerprint density at radius 1 is 1.39 bits per heavy atom. The van der Waals surface area contributed by atoms with Crippen molar-refractivity contribution in [3.05, 3.63) is 46.2 Å². The fourth-order valence-electron chi connectivity index (χ4n) is 3.03. The Kier molecular flexibility index (Phi) is 3.52. The van der Waals surface area contributed by atoms with Gasteiger partial charge in [0.05, 0.1) is 6.54 Å². The van der Waals surface area contributed by atoms with Gasteiger partial charge in [0.1, 0.15) is 5.82 Å². The zero-order chi connectivity index (χ0) is 16.0. The standard InChI is InChI=1S/C16H17FN4OS/c17-10-3-1-9(2-4-10)12-7-13(12)15(22)18-8-14-19-20-16(23)21(14)11-5-6-11/h1-4,11-13H,5-8H2,(H,18,22)(H,20,23)/t12-,13-/m1/s1. The average molecular weight is 332 g/mol. The van der Waals surface area contributed by atoms with Gasteiger partial charge in [-0.15, -0.1) is 0 Å². The van der Waals surface area contributed by atoms with Crippen molar-refractivity contribution in [2.24, 2.45) is 5.92 Å². The summed E-state index contributed by atoms with van der Waals surface area (Å²) in [7, 11) is 0. The van der Waals surface area contributed by atoms with Gasteiger partial charge in [-0.2, -0.15) is 5.10 Å². The molecule has 2 aliphatic rings. The maximum atomic E-state index is 12.9. The molecule has 0 bridgehead atoms. The molecule has 2 saturated carbocycles. The lowest BCUT2D eigenvalue weighted by atomic mass is 10.1. The Balaban J connectivity index is 1.36. The summed E-state index contributed by atoms with van der Waals surface area (Å²) in [5.74, 6) is 0.718. The molecular formula is C16H17FN4OS. The second kappa shape index (κ2) is 5.56. The fourth-order valence-corrected chi connectivity index (χ4v) is 3.33.